The van der Waals surface area contributed by atoms with Crippen molar-refractivity contribution in [1.82, 2.24) is 14.5 Å². The van der Waals surface area contributed by atoms with Crippen molar-refractivity contribution >= 4 is 21.6 Å². The summed E-state index contributed by atoms with van der Waals surface area (Å²) in [5, 5.41) is 16.7. The second-order valence-corrected chi connectivity index (χ2v) is 9.46. The SMILES string of the molecule is Cc1cccc(-n2nc(C(=O)Nc3ccc(S(=O)(=O)NCC(C)C)cc3)c(O)cc2=O)c1. The molecule has 2 aromatic carbocycles. The summed E-state index contributed by atoms with van der Waals surface area (Å²) in [6.45, 7) is 5.95. The molecule has 1 aromatic heterocycles. The van der Waals surface area contributed by atoms with E-state index in [0.29, 0.717) is 17.9 Å². The molecular formula is C22H24N4O5S. The van der Waals surface area contributed by atoms with E-state index in [9.17, 15) is 23.1 Å². The van der Waals surface area contributed by atoms with E-state index in [1.54, 1.807) is 18.2 Å². The van der Waals surface area contributed by atoms with E-state index in [1.165, 1.54) is 24.3 Å². The first-order valence-corrected chi connectivity index (χ1v) is 11.4. The first-order chi connectivity index (χ1) is 15.1. The van der Waals surface area contributed by atoms with Crippen molar-refractivity contribution in [3.63, 3.8) is 0 Å². The minimum atomic E-state index is -3.66. The summed E-state index contributed by atoms with van der Waals surface area (Å²) < 4.78 is 28.1. The summed E-state index contributed by atoms with van der Waals surface area (Å²) >= 11 is 0. The Morgan fingerprint density at radius 2 is 1.81 bits per heavy atom. The average molecular weight is 457 g/mol. The van der Waals surface area contributed by atoms with Crippen molar-refractivity contribution in [1.29, 1.82) is 0 Å². The van der Waals surface area contributed by atoms with Crippen LogP contribution >= 0.6 is 0 Å². The molecule has 0 spiro atoms. The zero-order valence-corrected chi connectivity index (χ0v) is 18.7. The van der Waals surface area contributed by atoms with Gasteiger partial charge in [-0.25, -0.2) is 13.1 Å². The Morgan fingerprint density at radius 1 is 1.12 bits per heavy atom. The Bertz CT molecular complexity index is 1300. The van der Waals surface area contributed by atoms with Gasteiger partial charge in [-0.15, -0.1) is 0 Å². The number of sulfonamides is 1. The highest BCUT2D eigenvalue weighted by Crippen LogP contribution is 2.18. The number of rotatable bonds is 7. The number of aromatic hydroxyl groups is 1. The molecule has 0 unspecified atom stereocenters. The van der Waals surface area contributed by atoms with Crippen molar-refractivity contribution in [2.45, 2.75) is 25.7 Å². The van der Waals surface area contributed by atoms with Crippen LogP contribution in [0.3, 0.4) is 0 Å². The summed E-state index contributed by atoms with van der Waals surface area (Å²) in [5.74, 6) is -1.16. The largest absolute Gasteiger partial charge is 0.505 e. The van der Waals surface area contributed by atoms with Crippen LogP contribution in [0.25, 0.3) is 5.69 Å². The molecule has 3 rings (SSSR count). The van der Waals surface area contributed by atoms with Crippen LogP contribution in [0.5, 0.6) is 5.75 Å². The number of aromatic nitrogens is 2. The first kappa shape index (κ1) is 23.2. The van der Waals surface area contributed by atoms with Crippen LogP contribution in [0.4, 0.5) is 5.69 Å². The number of anilines is 1. The minimum absolute atomic E-state index is 0.0603. The van der Waals surface area contributed by atoms with E-state index in [2.05, 4.69) is 15.1 Å². The van der Waals surface area contributed by atoms with Gasteiger partial charge in [0.05, 0.1) is 10.6 Å². The molecule has 1 amide bonds. The van der Waals surface area contributed by atoms with E-state index >= 15 is 0 Å². The summed E-state index contributed by atoms with van der Waals surface area (Å²) in [5.41, 5.74) is 0.711. The maximum absolute atomic E-state index is 12.7. The van der Waals surface area contributed by atoms with Gasteiger partial charge in [0.1, 0.15) is 0 Å². The number of hydrogen-bond donors (Lipinski definition) is 3. The molecule has 32 heavy (non-hydrogen) atoms. The van der Waals surface area contributed by atoms with E-state index in [1.807, 2.05) is 26.8 Å². The molecule has 0 saturated heterocycles. The normalized spacial score (nSPS) is 11.5. The lowest BCUT2D eigenvalue weighted by molar-refractivity contribution is 0.101. The predicted octanol–water partition coefficient (Wildman–Crippen LogP) is 2.43. The van der Waals surface area contributed by atoms with Gasteiger partial charge < -0.3 is 10.4 Å². The number of carbonyl (C=O) groups is 1. The Balaban J connectivity index is 1.83. The van der Waals surface area contributed by atoms with Crippen molar-refractivity contribution in [3.8, 4) is 11.4 Å². The van der Waals surface area contributed by atoms with E-state index < -0.39 is 27.2 Å². The van der Waals surface area contributed by atoms with Crippen LogP contribution in [0.15, 0.2) is 64.3 Å². The van der Waals surface area contributed by atoms with Gasteiger partial charge >= 0.3 is 0 Å². The van der Waals surface area contributed by atoms with Crippen molar-refractivity contribution in [2.75, 3.05) is 11.9 Å². The molecule has 0 aliphatic rings. The number of nitrogens with one attached hydrogen (secondary N) is 2. The number of hydrogen-bond acceptors (Lipinski definition) is 6. The average Bonchev–Trinajstić information content (AvgIpc) is 2.73. The van der Waals surface area contributed by atoms with Gasteiger partial charge in [-0.2, -0.15) is 9.78 Å². The maximum atomic E-state index is 12.7. The molecule has 3 aromatic rings. The third kappa shape index (κ3) is 5.40. The van der Waals surface area contributed by atoms with Crippen LogP contribution < -0.4 is 15.6 Å². The highest BCUT2D eigenvalue weighted by atomic mass is 32.2. The zero-order chi connectivity index (χ0) is 23.5. The quantitative estimate of drug-likeness (QED) is 0.501. The second kappa shape index (κ2) is 9.33. The lowest BCUT2D eigenvalue weighted by Crippen LogP contribution is -2.27. The number of aryl methyl sites for hydroxylation is 1. The fourth-order valence-electron chi connectivity index (χ4n) is 2.82. The van der Waals surface area contributed by atoms with Crippen LogP contribution in [0.1, 0.15) is 29.9 Å². The van der Waals surface area contributed by atoms with Crippen LogP contribution in [-0.4, -0.2) is 35.8 Å². The van der Waals surface area contributed by atoms with Crippen LogP contribution in [0.2, 0.25) is 0 Å². The fraction of sp³-hybridized carbons (Fsp3) is 0.227. The molecule has 168 valence electrons. The Labute approximate surface area is 185 Å². The lowest BCUT2D eigenvalue weighted by atomic mass is 10.2. The molecule has 0 bridgehead atoms. The first-order valence-electron chi connectivity index (χ1n) is 9.88. The fourth-order valence-corrected chi connectivity index (χ4v) is 4.03. The Hall–Kier alpha value is -3.50. The summed E-state index contributed by atoms with van der Waals surface area (Å²) in [6, 6.07) is 13.5. The number of amides is 1. The minimum Gasteiger partial charge on any atom is -0.505 e. The maximum Gasteiger partial charge on any atom is 0.279 e. The number of benzene rings is 2. The molecule has 0 fully saturated rings. The molecule has 0 radical (unpaired) electrons. The molecule has 10 heteroatoms. The second-order valence-electron chi connectivity index (χ2n) is 7.69. The zero-order valence-electron chi connectivity index (χ0n) is 17.9. The van der Waals surface area contributed by atoms with Crippen molar-refractivity contribution in [3.05, 3.63) is 76.2 Å². The molecule has 9 nitrogen and oxygen atoms in total. The number of carbonyl (C=O) groups excluding carboxylic acids is 1. The highest BCUT2D eigenvalue weighted by molar-refractivity contribution is 7.89. The topological polar surface area (TPSA) is 130 Å². The highest BCUT2D eigenvalue weighted by Gasteiger charge is 2.18. The molecule has 3 N–H and O–H groups in total. The van der Waals surface area contributed by atoms with Gasteiger partial charge in [0.25, 0.3) is 11.5 Å². The summed E-state index contributed by atoms with van der Waals surface area (Å²) in [4.78, 5) is 25.0. The third-order valence-corrected chi connectivity index (χ3v) is 5.92. The molecule has 1 heterocycles. The summed E-state index contributed by atoms with van der Waals surface area (Å²) in [7, 11) is -3.66. The van der Waals surface area contributed by atoms with Gasteiger partial charge in [0.15, 0.2) is 11.4 Å². The smallest absolute Gasteiger partial charge is 0.279 e. The standard InChI is InChI=1S/C22H24N4O5S/c1-14(2)13-23-32(30,31)18-9-7-16(8-10-18)24-22(29)21-19(27)12-20(28)26(25-21)17-6-4-5-15(3)11-17/h4-12,14,23,27H,13H2,1-3H3,(H,24,29). The Kier molecular flexibility index (Phi) is 6.75. The third-order valence-electron chi connectivity index (χ3n) is 4.48. The van der Waals surface area contributed by atoms with Gasteiger partial charge in [0.2, 0.25) is 10.0 Å². The van der Waals surface area contributed by atoms with E-state index in [-0.39, 0.29) is 16.5 Å². The lowest BCUT2D eigenvalue weighted by Gasteiger charge is -2.11. The van der Waals surface area contributed by atoms with E-state index in [0.717, 1.165) is 16.3 Å². The Morgan fingerprint density at radius 3 is 2.44 bits per heavy atom. The predicted molar refractivity (Wildman–Crippen MR) is 121 cm³/mol. The van der Waals surface area contributed by atoms with Gasteiger partial charge in [-0.3, -0.25) is 9.59 Å². The van der Waals surface area contributed by atoms with Gasteiger partial charge in [-0.05, 0) is 54.8 Å². The van der Waals surface area contributed by atoms with Crippen molar-refractivity contribution < 1.29 is 18.3 Å². The molecule has 0 saturated carbocycles. The van der Waals surface area contributed by atoms with Gasteiger partial charge in [-0.1, -0.05) is 26.0 Å². The molecular weight excluding hydrogens is 432 g/mol. The van der Waals surface area contributed by atoms with E-state index in [4.69, 9.17) is 0 Å². The van der Waals surface area contributed by atoms with Crippen LogP contribution in [0, 0.1) is 12.8 Å². The number of nitrogens with zero attached hydrogens (tertiary/aromatic N) is 2. The molecule has 0 atom stereocenters. The molecule has 0 aliphatic heterocycles. The van der Waals surface area contributed by atoms with Gasteiger partial charge in [0, 0.05) is 18.3 Å². The van der Waals surface area contributed by atoms with Crippen LogP contribution in [-0.2, 0) is 10.0 Å². The van der Waals surface area contributed by atoms with Crippen molar-refractivity contribution in [2.24, 2.45) is 5.92 Å². The summed E-state index contributed by atoms with van der Waals surface area (Å²) in [6.07, 6.45) is 0. The monoisotopic (exact) mass is 456 g/mol. The molecule has 0 aliphatic carbocycles.